The number of morpholine rings is 1. The summed E-state index contributed by atoms with van der Waals surface area (Å²) >= 11 is 0. The molecular formula is C13H16N3O2+. The summed E-state index contributed by atoms with van der Waals surface area (Å²) in [6.07, 6.45) is 0. The molecule has 1 saturated heterocycles. The molecule has 0 amide bonds. The smallest absolute Gasteiger partial charge is 0.271 e. The van der Waals surface area contributed by atoms with Crippen LogP contribution >= 0.6 is 0 Å². The summed E-state index contributed by atoms with van der Waals surface area (Å²) in [5.41, 5.74) is 0.966. The first-order chi connectivity index (χ1) is 8.92. The first kappa shape index (κ1) is 11.4. The fraction of sp³-hybridized carbons (Fsp3) is 0.385. The van der Waals surface area contributed by atoms with Crippen molar-refractivity contribution in [1.29, 1.82) is 0 Å². The molecule has 2 aromatic rings. The molecule has 0 bridgehead atoms. The molecule has 1 N–H and O–H groups in total. The van der Waals surface area contributed by atoms with E-state index in [2.05, 4.69) is 10.2 Å². The van der Waals surface area contributed by atoms with Crippen LogP contribution in [-0.4, -0.2) is 36.5 Å². The SMILES string of the molecule is c1ccc(-c2nnc(C[NH+]3CCOCC3)o2)cc1. The summed E-state index contributed by atoms with van der Waals surface area (Å²) in [6, 6.07) is 9.84. The lowest BCUT2D eigenvalue weighted by molar-refractivity contribution is -0.922. The third-order valence-corrected chi connectivity index (χ3v) is 3.09. The second-order valence-electron chi connectivity index (χ2n) is 4.41. The van der Waals surface area contributed by atoms with Crippen LogP contribution in [0.3, 0.4) is 0 Å². The minimum absolute atomic E-state index is 0.596. The highest BCUT2D eigenvalue weighted by Crippen LogP contribution is 2.16. The number of aromatic nitrogens is 2. The zero-order valence-corrected chi connectivity index (χ0v) is 10.1. The highest BCUT2D eigenvalue weighted by molar-refractivity contribution is 5.51. The number of rotatable bonds is 3. The molecule has 0 unspecified atom stereocenters. The van der Waals surface area contributed by atoms with Gasteiger partial charge in [0.05, 0.1) is 13.2 Å². The normalized spacial score (nSPS) is 16.9. The van der Waals surface area contributed by atoms with Crippen LogP contribution in [0, 0.1) is 0 Å². The lowest BCUT2D eigenvalue weighted by Crippen LogP contribution is -3.12. The first-order valence-corrected chi connectivity index (χ1v) is 6.21. The molecule has 0 aliphatic carbocycles. The largest absolute Gasteiger partial charge is 0.415 e. The standard InChI is InChI=1S/C13H15N3O2/c1-2-4-11(5-3-1)13-15-14-12(18-13)10-16-6-8-17-9-7-16/h1-5H,6-10H2/p+1. The van der Waals surface area contributed by atoms with Gasteiger partial charge in [-0.25, -0.2) is 0 Å². The molecule has 5 nitrogen and oxygen atoms in total. The van der Waals surface area contributed by atoms with Crippen molar-refractivity contribution in [3.8, 4) is 11.5 Å². The lowest BCUT2D eigenvalue weighted by atomic mass is 10.2. The van der Waals surface area contributed by atoms with Crippen molar-refractivity contribution in [3.63, 3.8) is 0 Å². The predicted molar refractivity (Wildman–Crippen MR) is 65.0 cm³/mol. The van der Waals surface area contributed by atoms with Crippen molar-refractivity contribution in [3.05, 3.63) is 36.2 Å². The van der Waals surface area contributed by atoms with Crippen LogP contribution in [0.1, 0.15) is 5.89 Å². The molecule has 18 heavy (non-hydrogen) atoms. The van der Waals surface area contributed by atoms with Gasteiger partial charge in [-0.05, 0) is 12.1 Å². The highest BCUT2D eigenvalue weighted by atomic mass is 16.5. The topological polar surface area (TPSA) is 52.6 Å². The molecular weight excluding hydrogens is 230 g/mol. The number of hydrogen-bond acceptors (Lipinski definition) is 4. The van der Waals surface area contributed by atoms with Gasteiger partial charge in [0.1, 0.15) is 13.1 Å². The fourth-order valence-electron chi connectivity index (χ4n) is 2.07. The van der Waals surface area contributed by atoms with Crippen LogP contribution < -0.4 is 4.90 Å². The Morgan fingerprint density at radius 3 is 2.61 bits per heavy atom. The summed E-state index contributed by atoms with van der Waals surface area (Å²) in [7, 11) is 0. The van der Waals surface area contributed by atoms with Gasteiger partial charge in [0.25, 0.3) is 5.89 Å². The van der Waals surface area contributed by atoms with E-state index in [1.54, 1.807) is 0 Å². The zero-order chi connectivity index (χ0) is 12.2. The molecule has 1 aromatic carbocycles. The molecule has 1 aromatic heterocycles. The quantitative estimate of drug-likeness (QED) is 0.837. The number of ether oxygens (including phenoxy) is 1. The number of benzene rings is 1. The van der Waals surface area contributed by atoms with Gasteiger partial charge >= 0.3 is 0 Å². The van der Waals surface area contributed by atoms with E-state index in [4.69, 9.17) is 9.15 Å². The molecule has 94 valence electrons. The number of nitrogens with zero attached hydrogens (tertiary/aromatic N) is 2. The maximum absolute atomic E-state index is 5.69. The van der Waals surface area contributed by atoms with Crippen LogP contribution in [0.2, 0.25) is 0 Å². The van der Waals surface area contributed by atoms with E-state index in [1.807, 2.05) is 30.3 Å². The van der Waals surface area contributed by atoms with Gasteiger partial charge in [-0.15, -0.1) is 10.2 Å². The van der Waals surface area contributed by atoms with Gasteiger partial charge in [-0.3, -0.25) is 0 Å². The summed E-state index contributed by atoms with van der Waals surface area (Å²) < 4.78 is 11.0. The van der Waals surface area contributed by atoms with Gasteiger partial charge in [0.2, 0.25) is 5.89 Å². The minimum Gasteiger partial charge on any atom is -0.415 e. The van der Waals surface area contributed by atoms with E-state index in [9.17, 15) is 0 Å². The van der Waals surface area contributed by atoms with Gasteiger partial charge in [-0.2, -0.15) is 0 Å². The van der Waals surface area contributed by atoms with Gasteiger partial charge in [-0.1, -0.05) is 18.2 Å². The number of nitrogens with one attached hydrogen (secondary N) is 1. The molecule has 0 atom stereocenters. The Morgan fingerprint density at radius 2 is 1.83 bits per heavy atom. The van der Waals surface area contributed by atoms with Gasteiger partial charge in [0.15, 0.2) is 6.54 Å². The molecule has 1 fully saturated rings. The fourth-order valence-corrected chi connectivity index (χ4v) is 2.07. The molecule has 1 aliphatic heterocycles. The van der Waals surface area contributed by atoms with Crippen molar-refractivity contribution in [2.75, 3.05) is 26.3 Å². The summed E-state index contributed by atoms with van der Waals surface area (Å²) in [5, 5.41) is 8.20. The molecule has 3 rings (SSSR count). The summed E-state index contributed by atoms with van der Waals surface area (Å²) in [4.78, 5) is 1.43. The second kappa shape index (κ2) is 5.29. The van der Waals surface area contributed by atoms with Crippen molar-refractivity contribution in [1.82, 2.24) is 10.2 Å². The van der Waals surface area contributed by atoms with Crippen molar-refractivity contribution in [2.24, 2.45) is 0 Å². The van der Waals surface area contributed by atoms with Crippen LogP contribution in [0.25, 0.3) is 11.5 Å². The molecule has 5 heteroatoms. The lowest BCUT2D eigenvalue weighted by Gasteiger charge is -2.21. The third kappa shape index (κ3) is 2.57. The van der Waals surface area contributed by atoms with Crippen LogP contribution in [0.15, 0.2) is 34.7 Å². The summed E-state index contributed by atoms with van der Waals surface area (Å²) in [5.74, 6) is 1.30. The Hall–Kier alpha value is -1.72. The Kier molecular flexibility index (Phi) is 3.34. The number of hydrogen-bond donors (Lipinski definition) is 1. The third-order valence-electron chi connectivity index (χ3n) is 3.09. The maximum Gasteiger partial charge on any atom is 0.271 e. The first-order valence-electron chi connectivity index (χ1n) is 6.21. The second-order valence-corrected chi connectivity index (χ2v) is 4.41. The Balaban J connectivity index is 1.69. The monoisotopic (exact) mass is 246 g/mol. The summed E-state index contributed by atoms with van der Waals surface area (Å²) in [6.45, 7) is 4.42. The molecule has 0 spiro atoms. The Labute approximate surface area is 105 Å². The number of quaternary nitrogens is 1. The van der Waals surface area contributed by atoms with Crippen LogP contribution in [-0.2, 0) is 11.3 Å². The Bertz CT molecular complexity index is 492. The van der Waals surface area contributed by atoms with Crippen molar-refractivity contribution < 1.29 is 14.1 Å². The van der Waals surface area contributed by atoms with E-state index in [1.165, 1.54) is 4.90 Å². The van der Waals surface area contributed by atoms with E-state index in [0.29, 0.717) is 11.8 Å². The minimum atomic E-state index is 0.596. The van der Waals surface area contributed by atoms with E-state index in [-0.39, 0.29) is 0 Å². The molecule has 0 radical (unpaired) electrons. The predicted octanol–water partition coefficient (Wildman–Crippen LogP) is 0.152. The van der Waals surface area contributed by atoms with E-state index < -0.39 is 0 Å². The average molecular weight is 246 g/mol. The van der Waals surface area contributed by atoms with Crippen LogP contribution in [0.4, 0.5) is 0 Å². The molecule has 2 heterocycles. The zero-order valence-electron chi connectivity index (χ0n) is 10.1. The Morgan fingerprint density at radius 1 is 1.06 bits per heavy atom. The average Bonchev–Trinajstić information content (AvgIpc) is 2.89. The van der Waals surface area contributed by atoms with Crippen molar-refractivity contribution >= 4 is 0 Å². The molecule has 0 saturated carbocycles. The highest BCUT2D eigenvalue weighted by Gasteiger charge is 2.18. The van der Waals surface area contributed by atoms with Gasteiger partial charge < -0.3 is 14.1 Å². The van der Waals surface area contributed by atoms with E-state index in [0.717, 1.165) is 38.4 Å². The van der Waals surface area contributed by atoms with Gasteiger partial charge in [0, 0.05) is 5.56 Å². The molecule has 1 aliphatic rings. The maximum atomic E-state index is 5.69. The van der Waals surface area contributed by atoms with E-state index >= 15 is 0 Å². The van der Waals surface area contributed by atoms with Crippen molar-refractivity contribution in [2.45, 2.75) is 6.54 Å². The van der Waals surface area contributed by atoms with Crippen LogP contribution in [0.5, 0.6) is 0 Å².